The number of hydrogen-bond acceptors (Lipinski definition) is 2. The Morgan fingerprint density at radius 3 is 2.50 bits per heavy atom. The van der Waals surface area contributed by atoms with Gasteiger partial charge in [-0.05, 0) is 54.3 Å². The SMILES string of the molecule is O=C(O)c1ccc2c(c1)C(=O)/C(=C/c1ccc(Cl)cc1)CC2. The number of carboxylic acids is 1. The summed E-state index contributed by atoms with van der Waals surface area (Å²) in [6.45, 7) is 0. The molecule has 0 fully saturated rings. The maximum absolute atomic E-state index is 12.6. The van der Waals surface area contributed by atoms with Gasteiger partial charge in [0.1, 0.15) is 0 Å². The zero-order chi connectivity index (χ0) is 15.7. The molecule has 0 amide bonds. The predicted molar refractivity (Wildman–Crippen MR) is 85.5 cm³/mol. The molecule has 0 aliphatic heterocycles. The molecule has 1 N–H and O–H groups in total. The zero-order valence-corrected chi connectivity index (χ0v) is 12.4. The van der Waals surface area contributed by atoms with Gasteiger partial charge in [0, 0.05) is 16.2 Å². The first-order chi connectivity index (χ1) is 10.5. The quantitative estimate of drug-likeness (QED) is 0.843. The molecule has 22 heavy (non-hydrogen) atoms. The van der Waals surface area contributed by atoms with Crippen molar-refractivity contribution < 1.29 is 14.7 Å². The fourth-order valence-corrected chi connectivity index (χ4v) is 2.72. The van der Waals surface area contributed by atoms with Gasteiger partial charge in [-0.15, -0.1) is 0 Å². The lowest BCUT2D eigenvalue weighted by atomic mass is 9.85. The van der Waals surface area contributed by atoms with Crippen molar-refractivity contribution in [2.45, 2.75) is 12.8 Å². The molecule has 0 bridgehead atoms. The number of Topliss-reactive ketones (excluding diaryl/α,β-unsaturated/α-hetero) is 1. The number of fused-ring (bicyclic) bond motifs is 1. The number of hydrogen-bond donors (Lipinski definition) is 1. The topological polar surface area (TPSA) is 54.4 Å². The Balaban J connectivity index is 1.98. The van der Waals surface area contributed by atoms with Gasteiger partial charge >= 0.3 is 5.97 Å². The molecule has 2 aromatic rings. The van der Waals surface area contributed by atoms with Crippen LogP contribution in [0.4, 0.5) is 0 Å². The average molecular weight is 313 g/mol. The maximum Gasteiger partial charge on any atom is 0.335 e. The van der Waals surface area contributed by atoms with Gasteiger partial charge in [-0.3, -0.25) is 4.79 Å². The van der Waals surface area contributed by atoms with E-state index in [1.165, 1.54) is 6.07 Å². The van der Waals surface area contributed by atoms with E-state index in [2.05, 4.69) is 0 Å². The van der Waals surface area contributed by atoms with E-state index in [0.717, 1.165) is 17.5 Å². The third kappa shape index (κ3) is 2.81. The average Bonchev–Trinajstić information content (AvgIpc) is 2.52. The summed E-state index contributed by atoms with van der Waals surface area (Å²) in [5.41, 5.74) is 3.14. The second-order valence-corrected chi connectivity index (χ2v) is 5.66. The van der Waals surface area contributed by atoms with Crippen molar-refractivity contribution in [1.29, 1.82) is 0 Å². The summed E-state index contributed by atoms with van der Waals surface area (Å²) in [4.78, 5) is 23.6. The number of ketones is 1. The smallest absolute Gasteiger partial charge is 0.335 e. The number of carbonyl (C=O) groups is 2. The third-order valence-electron chi connectivity index (χ3n) is 3.77. The summed E-state index contributed by atoms with van der Waals surface area (Å²) < 4.78 is 0. The minimum atomic E-state index is -1.02. The number of aromatic carboxylic acids is 1. The van der Waals surface area contributed by atoms with Crippen LogP contribution < -0.4 is 0 Å². The molecule has 0 atom stereocenters. The molecule has 0 saturated heterocycles. The lowest BCUT2D eigenvalue weighted by molar-refractivity contribution is 0.0697. The number of allylic oxidation sites excluding steroid dienone is 1. The molecule has 2 aromatic carbocycles. The van der Waals surface area contributed by atoms with E-state index in [9.17, 15) is 9.59 Å². The normalized spacial score (nSPS) is 15.7. The van der Waals surface area contributed by atoms with Crippen molar-refractivity contribution in [2.24, 2.45) is 0 Å². The van der Waals surface area contributed by atoms with Gasteiger partial charge in [0.05, 0.1) is 5.56 Å². The fraction of sp³-hybridized carbons (Fsp3) is 0.111. The first-order valence-corrected chi connectivity index (χ1v) is 7.29. The Morgan fingerprint density at radius 2 is 1.82 bits per heavy atom. The Kier molecular flexibility index (Phi) is 3.82. The van der Waals surface area contributed by atoms with Crippen LogP contribution in [0.1, 0.15) is 38.3 Å². The highest BCUT2D eigenvalue weighted by Crippen LogP contribution is 2.27. The molecule has 3 nitrogen and oxygen atoms in total. The first kappa shape index (κ1) is 14.5. The molecule has 1 aliphatic carbocycles. The van der Waals surface area contributed by atoms with Gasteiger partial charge in [-0.25, -0.2) is 4.79 Å². The minimum Gasteiger partial charge on any atom is -0.478 e. The molecule has 4 heteroatoms. The maximum atomic E-state index is 12.6. The summed E-state index contributed by atoms with van der Waals surface area (Å²) in [6.07, 6.45) is 3.23. The molecular weight excluding hydrogens is 300 g/mol. The van der Waals surface area contributed by atoms with Crippen LogP contribution in [0.15, 0.2) is 48.0 Å². The highest BCUT2D eigenvalue weighted by Gasteiger charge is 2.23. The Bertz CT molecular complexity index is 788. The Labute approximate surface area is 132 Å². The molecule has 1 aliphatic rings. The number of halogens is 1. The number of aryl methyl sites for hydroxylation is 1. The number of benzene rings is 2. The molecule has 0 saturated carbocycles. The van der Waals surface area contributed by atoms with Gasteiger partial charge in [0.25, 0.3) is 0 Å². The molecule has 0 unspecified atom stereocenters. The molecule has 0 aromatic heterocycles. The van der Waals surface area contributed by atoms with Crippen LogP contribution in [0.3, 0.4) is 0 Å². The van der Waals surface area contributed by atoms with Gasteiger partial charge in [-0.1, -0.05) is 29.8 Å². The second-order valence-electron chi connectivity index (χ2n) is 5.23. The van der Waals surface area contributed by atoms with Crippen LogP contribution >= 0.6 is 11.6 Å². The van der Waals surface area contributed by atoms with Crippen molar-refractivity contribution in [3.63, 3.8) is 0 Å². The number of carboxylic acid groups (broad SMARTS) is 1. The molecule has 3 rings (SSSR count). The van der Waals surface area contributed by atoms with E-state index in [-0.39, 0.29) is 11.3 Å². The zero-order valence-electron chi connectivity index (χ0n) is 11.7. The number of carbonyl (C=O) groups excluding carboxylic acids is 1. The van der Waals surface area contributed by atoms with Crippen molar-refractivity contribution in [3.8, 4) is 0 Å². The van der Waals surface area contributed by atoms with E-state index in [1.807, 2.05) is 18.2 Å². The summed E-state index contributed by atoms with van der Waals surface area (Å²) in [5, 5.41) is 9.71. The lowest BCUT2D eigenvalue weighted by Gasteiger charge is -2.18. The van der Waals surface area contributed by atoms with Crippen LogP contribution in [0.5, 0.6) is 0 Å². The summed E-state index contributed by atoms with van der Waals surface area (Å²) in [7, 11) is 0. The first-order valence-electron chi connectivity index (χ1n) is 6.91. The molecule has 110 valence electrons. The van der Waals surface area contributed by atoms with E-state index >= 15 is 0 Å². The summed E-state index contributed by atoms with van der Waals surface area (Å²) in [6, 6.07) is 12.0. The predicted octanol–water partition coefficient (Wildman–Crippen LogP) is 4.25. The molecule has 0 heterocycles. The van der Waals surface area contributed by atoms with Gasteiger partial charge < -0.3 is 5.11 Å². The van der Waals surface area contributed by atoms with Crippen LogP contribution in [0.2, 0.25) is 5.02 Å². The van der Waals surface area contributed by atoms with Crippen LogP contribution in [0, 0.1) is 0 Å². The van der Waals surface area contributed by atoms with E-state index in [4.69, 9.17) is 16.7 Å². The van der Waals surface area contributed by atoms with Crippen LogP contribution in [-0.4, -0.2) is 16.9 Å². The lowest BCUT2D eigenvalue weighted by Crippen LogP contribution is -2.15. The second kappa shape index (κ2) is 5.78. The minimum absolute atomic E-state index is 0.0979. The Morgan fingerprint density at radius 1 is 1.09 bits per heavy atom. The van der Waals surface area contributed by atoms with E-state index < -0.39 is 5.97 Å². The molecule has 0 spiro atoms. The van der Waals surface area contributed by atoms with Crippen molar-refractivity contribution in [1.82, 2.24) is 0 Å². The van der Waals surface area contributed by atoms with Crippen LogP contribution in [0.25, 0.3) is 6.08 Å². The highest BCUT2D eigenvalue weighted by atomic mass is 35.5. The van der Waals surface area contributed by atoms with Crippen molar-refractivity contribution >= 4 is 29.4 Å². The van der Waals surface area contributed by atoms with Crippen molar-refractivity contribution in [3.05, 3.63) is 75.3 Å². The van der Waals surface area contributed by atoms with E-state index in [0.29, 0.717) is 22.6 Å². The van der Waals surface area contributed by atoms with E-state index in [1.54, 1.807) is 24.3 Å². The van der Waals surface area contributed by atoms with Gasteiger partial charge in [-0.2, -0.15) is 0 Å². The standard InChI is InChI=1S/C18H13ClO3/c19-15-7-1-11(2-8-15)9-13-5-3-12-4-6-14(18(21)22)10-16(12)17(13)20/h1-2,4,6-10H,3,5H2,(H,21,22)/b13-9+. The monoisotopic (exact) mass is 312 g/mol. The summed E-state index contributed by atoms with van der Waals surface area (Å²) >= 11 is 5.85. The highest BCUT2D eigenvalue weighted by molar-refractivity contribution is 6.30. The van der Waals surface area contributed by atoms with Crippen molar-refractivity contribution in [2.75, 3.05) is 0 Å². The van der Waals surface area contributed by atoms with Gasteiger partial charge in [0.2, 0.25) is 0 Å². The Hall–Kier alpha value is -2.39. The molecular formula is C18H13ClO3. The van der Waals surface area contributed by atoms with Gasteiger partial charge in [0.15, 0.2) is 5.78 Å². The molecule has 0 radical (unpaired) electrons. The van der Waals surface area contributed by atoms with Crippen LogP contribution in [-0.2, 0) is 6.42 Å². The largest absolute Gasteiger partial charge is 0.478 e. The summed E-state index contributed by atoms with van der Waals surface area (Å²) in [5.74, 6) is -1.12. The fourth-order valence-electron chi connectivity index (χ4n) is 2.59. The number of rotatable bonds is 2. The third-order valence-corrected chi connectivity index (χ3v) is 4.02.